The van der Waals surface area contributed by atoms with Crippen LogP contribution in [0.3, 0.4) is 0 Å². The molecule has 2 unspecified atom stereocenters. The summed E-state index contributed by atoms with van der Waals surface area (Å²) in [5.41, 5.74) is 0.274. The Morgan fingerprint density at radius 3 is 2.32 bits per heavy atom. The van der Waals surface area contributed by atoms with Crippen LogP contribution in [0.25, 0.3) is 0 Å². The third kappa shape index (κ3) is 4.09. The van der Waals surface area contributed by atoms with Crippen LogP contribution >= 0.6 is 0 Å². The Balaban J connectivity index is 3.03. The van der Waals surface area contributed by atoms with Crippen molar-refractivity contribution >= 4 is 17.1 Å². The van der Waals surface area contributed by atoms with E-state index < -0.39 is 17.4 Å². The number of hydrogen-bond donors (Lipinski definition) is 4. The summed E-state index contributed by atoms with van der Waals surface area (Å²) in [6, 6.07) is 4.19. The van der Waals surface area contributed by atoms with E-state index in [0.717, 1.165) is 0 Å². The largest absolute Gasteiger partial charge is 0.370 e. The standard InChI is InChI=1S/C12H15N3O4/c1-3-11(16)13-8-5-6-9(14-12(17)4-2)10(7-8)15(18)19/h3-7,11-14,16-17H,1-2H2. The third-order valence-corrected chi connectivity index (χ3v) is 2.26. The lowest BCUT2D eigenvalue weighted by molar-refractivity contribution is -0.383. The van der Waals surface area contributed by atoms with Crippen LogP contribution in [0.5, 0.6) is 0 Å². The minimum Gasteiger partial charge on any atom is -0.370 e. The van der Waals surface area contributed by atoms with Crippen LogP contribution in [0.1, 0.15) is 0 Å². The van der Waals surface area contributed by atoms with E-state index >= 15 is 0 Å². The number of nitro benzene ring substituents is 1. The Kier molecular flexibility index (Phi) is 5.04. The van der Waals surface area contributed by atoms with Crippen LogP contribution < -0.4 is 10.6 Å². The van der Waals surface area contributed by atoms with Crippen LogP contribution in [0.2, 0.25) is 0 Å². The van der Waals surface area contributed by atoms with Crippen molar-refractivity contribution < 1.29 is 15.1 Å². The van der Waals surface area contributed by atoms with Crippen LogP contribution in [-0.2, 0) is 0 Å². The minimum absolute atomic E-state index is 0.149. The first-order chi connectivity index (χ1) is 8.97. The highest BCUT2D eigenvalue weighted by molar-refractivity contribution is 5.68. The van der Waals surface area contributed by atoms with Gasteiger partial charge in [0.05, 0.1) is 4.92 Å². The number of hydrogen-bond acceptors (Lipinski definition) is 6. The maximum atomic E-state index is 10.9. The van der Waals surface area contributed by atoms with Crippen molar-refractivity contribution in [2.75, 3.05) is 10.6 Å². The molecule has 0 fully saturated rings. The lowest BCUT2D eigenvalue weighted by Gasteiger charge is -2.13. The lowest BCUT2D eigenvalue weighted by atomic mass is 10.2. The van der Waals surface area contributed by atoms with Gasteiger partial charge in [0.15, 0.2) is 0 Å². The van der Waals surface area contributed by atoms with Crippen LogP contribution in [0.15, 0.2) is 43.5 Å². The molecule has 1 rings (SSSR count). The number of benzene rings is 1. The monoisotopic (exact) mass is 265 g/mol. The summed E-state index contributed by atoms with van der Waals surface area (Å²) in [5, 5.41) is 34.7. The van der Waals surface area contributed by atoms with E-state index in [4.69, 9.17) is 0 Å². The highest BCUT2D eigenvalue weighted by Crippen LogP contribution is 2.28. The Morgan fingerprint density at radius 1 is 1.21 bits per heavy atom. The fraction of sp³-hybridized carbons (Fsp3) is 0.167. The predicted molar refractivity (Wildman–Crippen MR) is 72.7 cm³/mol. The first-order valence-electron chi connectivity index (χ1n) is 5.40. The van der Waals surface area contributed by atoms with E-state index in [1.807, 2.05) is 0 Å². The quantitative estimate of drug-likeness (QED) is 0.257. The maximum absolute atomic E-state index is 10.9. The highest BCUT2D eigenvalue weighted by atomic mass is 16.6. The Morgan fingerprint density at radius 2 is 1.79 bits per heavy atom. The van der Waals surface area contributed by atoms with Crippen LogP contribution in [-0.4, -0.2) is 27.6 Å². The number of anilines is 2. The maximum Gasteiger partial charge on any atom is 0.294 e. The summed E-state index contributed by atoms with van der Waals surface area (Å²) >= 11 is 0. The smallest absolute Gasteiger partial charge is 0.294 e. The molecule has 0 amide bonds. The topological polar surface area (TPSA) is 108 Å². The Labute approximate surface area is 110 Å². The van der Waals surface area contributed by atoms with Crippen LogP contribution in [0, 0.1) is 10.1 Å². The van der Waals surface area contributed by atoms with E-state index in [-0.39, 0.29) is 11.4 Å². The lowest BCUT2D eigenvalue weighted by Crippen LogP contribution is -2.17. The molecule has 0 saturated carbocycles. The summed E-state index contributed by atoms with van der Waals surface area (Å²) in [6.45, 7) is 6.74. The Bertz CT molecular complexity index is 490. The highest BCUT2D eigenvalue weighted by Gasteiger charge is 2.16. The zero-order valence-electron chi connectivity index (χ0n) is 10.1. The van der Waals surface area contributed by atoms with Crippen molar-refractivity contribution in [1.29, 1.82) is 0 Å². The van der Waals surface area contributed by atoms with Gasteiger partial charge < -0.3 is 20.8 Å². The summed E-state index contributed by atoms with van der Waals surface area (Å²) in [6.07, 6.45) is 0.366. The first-order valence-corrected chi connectivity index (χ1v) is 5.40. The number of nitrogens with zero attached hydrogens (tertiary/aromatic N) is 1. The van der Waals surface area contributed by atoms with Gasteiger partial charge in [-0.2, -0.15) is 0 Å². The second kappa shape index (κ2) is 6.53. The third-order valence-electron chi connectivity index (χ3n) is 2.26. The molecule has 2 atom stereocenters. The van der Waals surface area contributed by atoms with Gasteiger partial charge in [-0.25, -0.2) is 0 Å². The molecule has 102 valence electrons. The van der Waals surface area contributed by atoms with E-state index in [1.54, 1.807) is 0 Å². The van der Waals surface area contributed by atoms with E-state index in [9.17, 15) is 20.3 Å². The summed E-state index contributed by atoms with van der Waals surface area (Å²) in [7, 11) is 0. The zero-order chi connectivity index (χ0) is 14.4. The molecule has 19 heavy (non-hydrogen) atoms. The van der Waals surface area contributed by atoms with Gasteiger partial charge in [0, 0.05) is 11.8 Å². The molecule has 0 aromatic heterocycles. The van der Waals surface area contributed by atoms with Crippen molar-refractivity contribution in [3.05, 3.63) is 53.6 Å². The van der Waals surface area contributed by atoms with Gasteiger partial charge in [0.1, 0.15) is 18.1 Å². The summed E-state index contributed by atoms with van der Waals surface area (Å²) < 4.78 is 0. The molecular formula is C12H15N3O4. The van der Waals surface area contributed by atoms with Gasteiger partial charge >= 0.3 is 0 Å². The summed E-state index contributed by atoms with van der Waals surface area (Å²) in [4.78, 5) is 10.4. The average Bonchev–Trinajstić information content (AvgIpc) is 2.39. The molecule has 4 N–H and O–H groups in total. The number of nitrogens with one attached hydrogen (secondary N) is 2. The van der Waals surface area contributed by atoms with E-state index in [0.29, 0.717) is 5.69 Å². The normalized spacial score (nSPS) is 13.2. The van der Waals surface area contributed by atoms with Crippen molar-refractivity contribution in [3.63, 3.8) is 0 Å². The molecule has 7 nitrogen and oxygen atoms in total. The summed E-state index contributed by atoms with van der Waals surface area (Å²) in [5.74, 6) is 0. The fourth-order valence-corrected chi connectivity index (χ4v) is 1.34. The van der Waals surface area contributed by atoms with Crippen LogP contribution in [0.4, 0.5) is 17.1 Å². The molecule has 0 radical (unpaired) electrons. The van der Waals surface area contributed by atoms with E-state index in [1.165, 1.54) is 30.4 Å². The van der Waals surface area contributed by atoms with Gasteiger partial charge in [-0.15, -0.1) is 0 Å². The predicted octanol–water partition coefficient (Wildman–Crippen LogP) is 1.43. The average molecular weight is 265 g/mol. The molecular weight excluding hydrogens is 250 g/mol. The van der Waals surface area contributed by atoms with Crippen molar-refractivity contribution in [2.24, 2.45) is 0 Å². The zero-order valence-corrected chi connectivity index (χ0v) is 10.1. The molecule has 0 aliphatic carbocycles. The molecule has 1 aromatic rings. The molecule has 0 saturated heterocycles. The van der Waals surface area contributed by atoms with Crippen molar-refractivity contribution in [1.82, 2.24) is 0 Å². The second-order valence-electron chi connectivity index (χ2n) is 3.64. The fourth-order valence-electron chi connectivity index (χ4n) is 1.34. The van der Waals surface area contributed by atoms with Gasteiger partial charge in [-0.1, -0.05) is 13.2 Å². The van der Waals surface area contributed by atoms with E-state index in [2.05, 4.69) is 23.8 Å². The number of rotatable bonds is 7. The van der Waals surface area contributed by atoms with Crippen molar-refractivity contribution in [2.45, 2.75) is 12.5 Å². The van der Waals surface area contributed by atoms with Gasteiger partial charge in [0.25, 0.3) is 5.69 Å². The Hall–Kier alpha value is -2.38. The SMILES string of the molecule is C=CC(O)Nc1ccc(NC(O)C=C)c([N+](=O)[O-])c1. The molecule has 0 spiro atoms. The van der Waals surface area contributed by atoms with Crippen molar-refractivity contribution in [3.8, 4) is 0 Å². The van der Waals surface area contributed by atoms with Gasteiger partial charge in [0.2, 0.25) is 0 Å². The second-order valence-corrected chi connectivity index (χ2v) is 3.64. The number of aliphatic hydroxyl groups excluding tert-OH is 2. The molecule has 0 aliphatic rings. The number of nitro groups is 1. The molecule has 0 heterocycles. The van der Waals surface area contributed by atoms with Gasteiger partial charge in [-0.3, -0.25) is 10.1 Å². The number of aliphatic hydroxyl groups is 2. The first kappa shape index (κ1) is 14.7. The molecule has 0 bridgehead atoms. The molecule has 7 heteroatoms. The minimum atomic E-state index is -1.09. The van der Waals surface area contributed by atoms with Gasteiger partial charge in [-0.05, 0) is 24.3 Å². The molecule has 1 aromatic carbocycles. The molecule has 0 aliphatic heterocycles.